The Morgan fingerprint density at radius 3 is 1.95 bits per heavy atom. The third kappa shape index (κ3) is 7.94. The van der Waals surface area contributed by atoms with Crippen LogP contribution in [0.15, 0.2) is 77.7 Å². The fraction of sp³-hybridized carbons (Fsp3) is 0.375. The standard InChI is InChI=1S/C32H41N3O4S/c1-8-29(31(37)33-32(5,6)7)34(21-26-12-10-9-11-13-26)30(36)22-35(27-19-24(3)18-25(4)20-27)40(38,39)28-16-14-23(2)15-17-28/h9-20,29H,8,21-22H2,1-7H3,(H,33,37). The van der Waals surface area contributed by atoms with Crippen LogP contribution < -0.4 is 9.62 Å². The fourth-order valence-corrected chi connectivity index (χ4v) is 6.01. The first-order chi connectivity index (χ1) is 18.7. The molecule has 0 aromatic heterocycles. The second-order valence-corrected chi connectivity index (χ2v) is 13.2. The van der Waals surface area contributed by atoms with E-state index in [1.807, 2.05) is 84.9 Å². The average molecular weight is 564 g/mol. The number of anilines is 1. The van der Waals surface area contributed by atoms with Gasteiger partial charge in [0.2, 0.25) is 11.8 Å². The lowest BCUT2D eigenvalue weighted by Crippen LogP contribution is -2.55. The topological polar surface area (TPSA) is 86.8 Å². The molecule has 3 aromatic carbocycles. The Balaban J connectivity index is 2.09. The highest BCUT2D eigenvalue weighted by Gasteiger charge is 2.34. The average Bonchev–Trinajstić information content (AvgIpc) is 2.86. The van der Waals surface area contributed by atoms with Gasteiger partial charge in [0.15, 0.2) is 0 Å². The summed E-state index contributed by atoms with van der Waals surface area (Å²) in [6, 6.07) is 20.7. The molecule has 0 heterocycles. The molecule has 0 aliphatic carbocycles. The van der Waals surface area contributed by atoms with Crippen LogP contribution in [-0.4, -0.2) is 43.3 Å². The summed E-state index contributed by atoms with van der Waals surface area (Å²) < 4.78 is 29.2. The van der Waals surface area contributed by atoms with Crippen molar-refractivity contribution in [3.8, 4) is 0 Å². The lowest BCUT2D eigenvalue weighted by atomic mass is 10.1. The summed E-state index contributed by atoms with van der Waals surface area (Å²) in [5.74, 6) is -0.742. The molecule has 0 bridgehead atoms. The first kappa shape index (κ1) is 30.9. The number of amides is 2. The molecule has 7 nitrogen and oxygen atoms in total. The predicted molar refractivity (Wildman–Crippen MR) is 161 cm³/mol. The zero-order valence-corrected chi connectivity index (χ0v) is 25.4. The number of benzene rings is 3. The lowest BCUT2D eigenvalue weighted by molar-refractivity contribution is -0.141. The van der Waals surface area contributed by atoms with Gasteiger partial charge in [-0.3, -0.25) is 13.9 Å². The molecule has 0 saturated heterocycles. The van der Waals surface area contributed by atoms with Crippen LogP contribution >= 0.6 is 0 Å². The quantitative estimate of drug-likeness (QED) is 0.352. The molecular weight excluding hydrogens is 522 g/mol. The van der Waals surface area contributed by atoms with Crippen molar-refractivity contribution in [2.75, 3.05) is 10.8 Å². The normalized spacial score (nSPS) is 12.5. The van der Waals surface area contributed by atoms with Gasteiger partial charge < -0.3 is 10.2 Å². The molecule has 1 N–H and O–H groups in total. The lowest BCUT2D eigenvalue weighted by Gasteiger charge is -2.35. The molecule has 0 fully saturated rings. The molecule has 0 spiro atoms. The third-order valence-corrected chi connectivity index (χ3v) is 8.25. The molecule has 0 aliphatic heterocycles. The van der Waals surface area contributed by atoms with Crippen LogP contribution in [0.5, 0.6) is 0 Å². The molecule has 8 heteroatoms. The minimum atomic E-state index is -4.10. The fourth-order valence-electron chi connectivity index (χ4n) is 4.61. The van der Waals surface area contributed by atoms with E-state index in [2.05, 4.69) is 5.32 Å². The van der Waals surface area contributed by atoms with Gasteiger partial charge in [-0.05, 0) is 88.9 Å². The number of carbonyl (C=O) groups is 2. The first-order valence-electron chi connectivity index (χ1n) is 13.5. The van der Waals surface area contributed by atoms with Crippen LogP contribution in [0, 0.1) is 20.8 Å². The molecule has 1 unspecified atom stereocenters. The largest absolute Gasteiger partial charge is 0.350 e. The van der Waals surface area contributed by atoms with Crippen LogP contribution in [0.4, 0.5) is 5.69 Å². The second-order valence-electron chi connectivity index (χ2n) is 11.3. The number of sulfonamides is 1. The molecule has 0 aliphatic rings. The summed E-state index contributed by atoms with van der Waals surface area (Å²) in [5.41, 5.74) is 3.44. The molecule has 0 radical (unpaired) electrons. The maximum absolute atomic E-state index is 14.1. The Labute approximate surface area is 239 Å². The number of carbonyl (C=O) groups excluding carboxylic acids is 2. The molecule has 214 valence electrons. The Morgan fingerprint density at radius 1 is 0.850 bits per heavy atom. The molecule has 40 heavy (non-hydrogen) atoms. The summed E-state index contributed by atoms with van der Waals surface area (Å²) in [7, 11) is -4.10. The Kier molecular flexibility index (Phi) is 9.79. The maximum Gasteiger partial charge on any atom is 0.264 e. The van der Waals surface area contributed by atoms with Gasteiger partial charge in [0.25, 0.3) is 10.0 Å². The van der Waals surface area contributed by atoms with Gasteiger partial charge in [0.1, 0.15) is 12.6 Å². The van der Waals surface area contributed by atoms with E-state index in [0.717, 1.165) is 26.6 Å². The minimum absolute atomic E-state index is 0.0946. The van der Waals surface area contributed by atoms with Crippen molar-refractivity contribution in [2.45, 2.75) is 77.9 Å². The van der Waals surface area contributed by atoms with Gasteiger partial charge >= 0.3 is 0 Å². The number of nitrogens with zero attached hydrogens (tertiary/aromatic N) is 2. The van der Waals surface area contributed by atoms with Crippen LogP contribution in [0.25, 0.3) is 0 Å². The van der Waals surface area contributed by atoms with E-state index in [0.29, 0.717) is 12.1 Å². The van der Waals surface area contributed by atoms with E-state index >= 15 is 0 Å². The van der Waals surface area contributed by atoms with E-state index in [1.165, 1.54) is 4.90 Å². The minimum Gasteiger partial charge on any atom is -0.350 e. The molecule has 2 amide bonds. The summed E-state index contributed by atoms with van der Waals surface area (Å²) in [6.45, 7) is 12.9. The highest BCUT2D eigenvalue weighted by atomic mass is 32.2. The van der Waals surface area contributed by atoms with Gasteiger partial charge in [-0.2, -0.15) is 0 Å². The van der Waals surface area contributed by atoms with E-state index in [4.69, 9.17) is 0 Å². The zero-order valence-electron chi connectivity index (χ0n) is 24.6. The highest BCUT2D eigenvalue weighted by Crippen LogP contribution is 2.27. The molecule has 1 atom stereocenters. The molecule has 0 saturated carbocycles. The first-order valence-corrected chi connectivity index (χ1v) is 15.0. The smallest absolute Gasteiger partial charge is 0.264 e. The summed E-state index contributed by atoms with van der Waals surface area (Å²) in [6.07, 6.45) is 0.370. The van der Waals surface area contributed by atoms with E-state index in [9.17, 15) is 18.0 Å². The Bertz CT molecular complexity index is 1410. The van der Waals surface area contributed by atoms with Crippen LogP contribution in [0.2, 0.25) is 0 Å². The van der Waals surface area contributed by atoms with Crippen LogP contribution in [0.3, 0.4) is 0 Å². The Hall–Kier alpha value is -3.65. The van der Waals surface area contributed by atoms with Gasteiger partial charge in [-0.1, -0.05) is 61.0 Å². The number of rotatable bonds is 10. The van der Waals surface area contributed by atoms with Crippen molar-refractivity contribution in [1.82, 2.24) is 10.2 Å². The molecular formula is C32H41N3O4S. The molecule has 3 aromatic rings. The van der Waals surface area contributed by atoms with Crippen molar-refractivity contribution in [3.63, 3.8) is 0 Å². The van der Waals surface area contributed by atoms with Crippen molar-refractivity contribution in [1.29, 1.82) is 0 Å². The summed E-state index contributed by atoms with van der Waals surface area (Å²) in [5, 5.41) is 2.99. The number of aryl methyl sites for hydroxylation is 3. The predicted octanol–water partition coefficient (Wildman–Crippen LogP) is 5.53. The van der Waals surface area contributed by atoms with E-state index in [1.54, 1.807) is 36.4 Å². The van der Waals surface area contributed by atoms with Gasteiger partial charge in [0.05, 0.1) is 10.6 Å². The van der Waals surface area contributed by atoms with Crippen molar-refractivity contribution in [3.05, 3.63) is 95.1 Å². The molecule has 3 rings (SSSR count). The van der Waals surface area contributed by atoms with Crippen LogP contribution in [0.1, 0.15) is 56.4 Å². The number of nitrogens with one attached hydrogen (secondary N) is 1. The van der Waals surface area contributed by atoms with Crippen LogP contribution in [-0.2, 0) is 26.2 Å². The van der Waals surface area contributed by atoms with Crippen molar-refractivity contribution < 1.29 is 18.0 Å². The summed E-state index contributed by atoms with van der Waals surface area (Å²) in [4.78, 5) is 29.1. The highest BCUT2D eigenvalue weighted by molar-refractivity contribution is 7.92. The van der Waals surface area contributed by atoms with Gasteiger partial charge in [-0.25, -0.2) is 8.42 Å². The van der Waals surface area contributed by atoms with E-state index < -0.39 is 34.1 Å². The second kappa shape index (κ2) is 12.7. The number of hydrogen-bond donors (Lipinski definition) is 1. The number of hydrogen-bond acceptors (Lipinski definition) is 4. The van der Waals surface area contributed by atoms with Crippen molar-refractivity contribution >= 4 is 27.5 Å². The zero-order chi connectivity index (χ0) is 29.7. The monoisotopic (exact) mass is 563 g/mol. The summed E-state index contributed by atoms with van der Waals surface area (Å²) >= 11 is 0. The SMILES string of the molecule is CCC(C(=O)NC(C)(C)C)N(Cc1ccccc1)C(=O)CN(c1cc(C)cc(C)c1)S(=O)(=O)c1ccc(C)cc1. The Morgan fingerprint density at radius 2 is 1.43 bits per heavy atom. The van der Waals surface area contributed by atoms with Gasteiger partial charge in [-0.15, -0.1) is 0 Å². The maximum atomic E-state index is 14.1. The van der Waals surface area contributed by atoms with E-state index in [-0.39, 0.29) is 17.3 Å². The van der Waals surface area contributed by atoms with Crippen molar-refractivity contribution in [2.24, 2.45) is 0 Å². The van der Waals surface area contributed by atoms with Gasteiger partial charge in [0, 0.05) is 12.1 Å². The third-order valence-electron chi connectivity index (χ3n) is 6.46.